The van der Waals surface area contributed by atoms with E-state index in [1.165, 1.54) is 16.8 Å². The second-order valence-corrected chi connectivity index (χ2v) is 3.85. The number of aromatic nitrogens is 2. The van der Waals surface area contributed by atoms with Gasteiger partial charge in [0, 0.05) is 31.3 Å². The monoisotopic (exact) mass is 215 g/mol. The number of aryl methyl sites for hydroxylation is 1. The summed E-state index contributed by atoms with van der Waals surface area (Å²) in [5, 5.41) is 7.51. The molecule has 1 heterocycles. The second kappa shape index (κ2) is 4.94. The van der Waals surface area contributed by atoms with Crippen LogP contribution in [0.15, 0.2) is 36.5 Å². The van der Waals surface area contributed by atoms with Gasteiger partial charge in [-0.2, -0.15) is 5.10 Å². The first-order chi connectivity index (χ1) is 7.83. The van der Waals surface area contributed by atoms with Crippen LogP contribution in [0.3, 0.4) is 0 Å². The molecule has 0 amide bonds. The third-order valence-electron chi connectivity index (χ3n) is 2.76. The van der Waals surface area contributed by atoms with E-state index in [0.29, 0.717) is 0 Å². The van der Waals surface area contributed by atoms with Crippen molar-refractivity contribution in [1.82, 2.24) is 15.1 Å². The summed E-state index contributed by atoms with van der Waals surface area (Å²) in [5.74, 6) is 0. The third-order valence-corrected chi connectivity index (χ3v) is 2.76. The predicted octanol–water partition coefficient (Wildman–Crippen LogP) is 1.85. The summed E-state index contributed by atoms with van der Waals surface area (Å²) in [4.78, 5) is 0. The Labute approximate surface area is 96.1 Å². The average Bonchev–Trinajstić information content (AvgIpc) is 2.69. The Morgan fingerprint density at radius 1 is 1.25 bits per heavy atom. The molecule has 0 fully saturated rings. The zero-order valence-corrected chi connectivity index (χ0v) is 9.77. The molecular formula is C13H17N3. The topological polar surface area (TPSA) is 29.9 Å². The molecule has 0 aliphatic heterocycles. The SMILES string of the molecule is CNCCc1c(-c2ccccc2)cnn1C. The normalized spacial score (nSPS) is 10.6. The number of hydrogen-bond donors (Lipinski definition) is 1. The highest BCUT2D eigenvalue weighted by Crippen LogP contribution is 2.22. The quantitative estimate of drug-likeness (QED) is 0.843. The first kappa shape index (κ1) is 10.9. The molecule has 2 aromatic rings. The fraction of sp³-hybridized carbons (Fsp3) is 0.308. The van der Waals surface area contributed by atoms with Gasteiger partial charge < -0.3 is 5.32 Å². The minimum atomic E-state index is 0.972. The maximum atomic E-state index is 4.33. The zero-order valence-electron chi connectivity index (χ0n) is 9.77. The van der Waals surface area contributed by atoms with Crippen LogP contribution in [-0.2, 0) is 13.5 Å². The van der Waals surface area contributed by atoms with E-state index in [0.717, 1.165) is 13.0 Å². The highest BCUT2D eigenvalue weighted by Gasteiger charge is 2.09. The summed E-state index contributed by atoms with van der Waals surface area (Å²) >= 11 is 0. The Kier molecular flexibility index (Phi) is 3.37. The van der Waals surface area contributed by atoms with E-state index >= 15 is 0 Å². The highest BCUT2D eigenvalue weighted by atomic mass is 15.3. The highest BCUT2D eigenvalue weighted by molar-refractivity contribution is 5.65. The summed E-state index contributed by atoms with van der Waals surface area (Å²) in [6.07, 6.45) is 2.94. The molecule has 0 saturated heterocycles. The molecule has 1 N–H and O–H groups in total. The molecule has 0 saturated carbocycles. The van der Waals surface area contributed by atoms with Crippen molar-refractivity contribution in [2.75, 3.05) is 13.6 Å². The Balaban J connectivity index is 2.34. The average molecular weight is 215 g/mol. The molecule has 0 spiro atoms. The van der Waals surface area contributed by atoms with E-state index < -0.39 is 0 Å². The molecule has 0 aliphatic rings. The lowest BCUT2D eigenvalue weighted by molar-refractivity contribution is 0.682. The molecule has 1 aromatic carbocycles. The van der Waals surface area contributed by atoms with Crippen LogP contribution in [0.4, 0.5) is 0 Å². The number of likely N-dealkylation sites (N-methyl/N-ethyl adjacent to an activating group) is 1. The van der Waals surface area contributed by atoms with Crippen molar-refractivity contribution in [2.45, 2.75) is 6.42 Å². The fourth-order valence-electron chi connectivity index (χ4n) is 1.86. The van der Waals surface area contributed by atoms with Crippen molar-refractivity contribution >= 4 is 0 Å². The predicted molar refractivity (Wildman–Crippen MR) is 66.3 cm³/mol. The van der Waals surface area contributed by atoms with Crippen molar-refractivity contribution in [1.29, 1.82) is 0 Å². The van der Waals surface area contributed by atoms with Gasteiger partial charge in [-0.05, 0) is 12.6 Å². The number of benzene rings is 1. The van der Waals surface area contributed by atoms with Crippen molar-refractivity contribution in [3.8, 4) is 11.1 Å². The summed E-state index contributed by atoms with van der Waals surface area (Å²) in [6.45, 7) is 0.972. The molecule has 3 heteroatoms. The molecule has 2 rings (SSSR count). The maximum absolute atomic E-state index is 4.33. The van der Waals surface area contributed by atoms with E-state index in [1.807, 2.05) is 31.0 Å². The largest absolute Gasteiger partial charge is 0.319 e. The Hall–Kier alpha value is -1.61. The number of nitrogens with one attached hydrogen (secondary N) is 1. The molecule has 0 bridgehead atoms. The van der Waals surface area contributed by atoms with Crippen LogP contribution >= 0.6 is 0 Å². The Morgan fingerprint density at radius 3 is 2.69 bits per heavy atom. The van der Waals surface area contributed by atoms with Gasteiger partial charge in [0.1, 0.15) is 0 Å². The number of hydrogen-bond acceptors (Lipinski definition) is 2. The van der Waals surface area contributed by atoms with Gasteiger partial charge in [0.2, 0.25) is 0 Å². The van der Waals surface area contributed by atoms with Crippen LogP contribution in [0.25, 0.3) is 11.1 Å². The van der Waals surface area contributed by atoms with Gasteiger partial charge in [0.05, 0.1) is 6.20 Å². The molecule has 0 aliphatic carbocycles. The lowest BCUT2D eigenvalue weighted by Crippen LogP contribution is -2.13. The van der Waals surface area contributed by atoms with Crippen LogP contribution in [0.5, 0.6) is 0 Å². The third kappa shape index (κ3) is 2.14. The second-order valence-electron chi connectivity index (χ2n) is 3.85. The molecule has 0 unspecified atom stereocenters. The minimum Gasteiger partial charge on any atom is -0.319 e. The molecule has 0 radical (unpaired) electrons. The van der Waals surface area contributed by atoms with Gasteiger partial charge in [-0.1, -0.05) is 30.3 Å². The number of rotatable bonds is 4. The Bertz CT molecular complexity index is 445. The molecule has 84 valence electrons. The first-order valence-electron chi connectivity index (χ1n) is 5.54. The molecule has 1 aromatic heterocycles. The number of nitrogens with zero attached hydrogens (tertiary/aromatic N) is 2. The fourth-order valence-corrected chi connectivity index (χ4v) is 1.86. The van der Waals surface area contributed by atoms with Gasteiger partial charge in [-0.25, -0.2) is 0 Å². The molecule has 16 heavy (non-hydrogen) atoms. The minimum absolute atomic E-state index is 0.972. The van der Waals surface area contributed by atoms with Crippen molar-refractivity contribution in [2.24, 2.45) is 7.05 Å². The van der Waals surface area contributed by atoms with Gasteiger partial charge >= 0.3 is 0 Å². The lowest BCUT2D eigenvalue weighted by Gasteiger charge is -2.05. The van der Waals surface area contributed by atoms with Crippen LogP contribution in [0.2, 0.25) is 0 Å². The zero-order chi connectivity index (χ0) is 11.4. The van der Waals surface area contributed by atoms with E-state index in [-0.39, 0.29) is 0 Å². The first-order valence-corrected chi connectivity index (χ1v) is 5.54. The van der Waals surface area contributed by atoms with Gasteiger partial charge in [-0.3, -0.25) is 4.68 Å². The van der Waals surface area contributed by atoms with E-state index in [1.54, 1.807) is 0 Å². The van der Waals surface area contributed by atoms with Crippen LogP contribution in [-0.4, -0.2) is 23.4 Å². The van der Waals surface area contributed by atoms with E-state index in [2.05, 4.69) is 34.7 Å². The van der Waals surface area contributed by atoms with Crippen molar-refractivity contribution in [3.05, 3.63) is 42.2 Å². The van der Waals surface area contributed by atoms with Gasteiger partial charge in [0.25, 0.3) is 0 Å². The van der Waals surface area contributed by atoms with Crippen LogP contribution < -0.4 is 5.32 Å². The molecular weight excluding hydrogens is 198 g/mol. The van der Waals surface area contributed by atoms with Crippen molar-refractivity contribution in [3.63, 3.8) is 0 Å². The maximum Gasteiger partial charge on any atom is 0.0571 e. The summed E-state index contributed by atoms with van der Waals surface area (Å²) in [5.41, 5.74) is 3.75. The van der Waals surface area contributed by atoms with Crippen LogP contribution in [0.1, 0.15) is 5.69 Å². The summed E-state index contributed by atoms with van der Waals surface area (Å²) in [6, 6.07) is 10.4. The molecule has 3 nitrogen and oxygen atoms in total. The smallest absolute Gasteiger partial charge is 0.0571 e. The van der Waals surface area contributed by atoms with Gasteiger partial charge in [0.15, 0.2) is 0 Å². The van der Waals surface area contributed by atoms with Crippen LogP contribution in [0, 0.1) is 0 Å². The standard InChI is InChI=1S/C13H17N3/c1-14-9-8-13-12(10-15-16(13)2)11-6-4-3-5-7-11/h3-7,10,14H,8-9H2,1-2H3. The Morgan fingerprint density at radius 2 is 2.00 bits per heavy atom. The summed E-state index contributed by atoms with van der Waals surface area (Å²) in [7, 11) is 3.97. The van der Waals surface area contributed by atoms with E-state index in [9.17, 15) is 0 Å². The van der Waals surface area contributed by atoms with Crippen molar-refractivity contribution < 1.29 is 0 Å². The van der Waals surface area contributed by atoms with Gasteiger partial charge in [-0.15, -0.1) is 0 Å². The van der Waals surface area contributed by atoms with E-state index in [4.69, 9.17) is 0 Å². The molecule has 0 atom stereocenters. The summed E-state index contributed by atoms with van der Waals surface area (Å²) < 4.78 is 1.96. The lowest BCUT2D eigenvalue weighted by atomic mass is 10.1.